The summed E-state index contributed by atoms with van der Waals surface area (Å²) >= 11 is 1.54. The van der Waals surface area contributed by atoms with E-state index in [1.165, 1.54) is 16.9 Å². The minimum absolute atomic E-state index is 0.767. The van der Waals surface area contributed by atoms with Crippen LogP contribution in [0.15, 0.2) is 59.0 Å². The van der Waals surface area contributed by atoms with Gasteiger partial charge in [-0.25, -0.2) is 4.98 Å². The third-order valence-electron chi connectivity index (χ3n) is 3.63. The number of hydrazone groups is 1. The Labute approximate surface area is 145 Å². The maximum absolute atomic E-state index is 5.20. The number of hydrogen-bond acceptors (Lipinski definition) is 5. The number of anilines is 1. The fourth-order valence-corrected chi connectivity index (χ4v) is 2.92. The molecule has 0 unspecified atom stereocenters. The van der Waals surface area contributed by atoms with E-state index in [1.54, 1.807) is 13.3 Å². The Hall–Kier alpha value is -2.66. The largest absolute Gasteiger partial charge is 0.497 e. The Balaban J connectivity index is 1.66. The smallest absolute Gasteiger partial charge is 0.203 e. The summed E-state index contributed by atoms with van der Waals surface area (Å²) in [5, 5.41) is 7.04. The van der Waals surface area contributed by atoms with Crippen LogP contribution in [0.5, 0.6) is 5.75 Å². The van der Waals surface area contributed by atoms with Gasteiger partial charge in [-0.3, -0.25) is 5.43 Å². The molecule has 0 amide bonds. The fraction of sp³-hybridized carbons (Fsp3) is 0.158. The zero-order chi connectivity index (χ0) is 16.8. The van der Waals surface area contributed by atoms with Gasteiger partial charge in [-0.15, -0.1) is 11.3 Å². The first-order valence-corrected chi connectivity index (χ1v) is 8.64. The van der Waals surface area contributed by atoms with Crippen molar-refractivity contribution in [2.75, 3.05) is 12.5 Å². The van der Waals surface area contributed by atoms with Crippen LogP contribution in [-0.4, -0.2) is 18.3 Å². The Morgan fingerprint density at radius 1 is 1.21 bits per heavy atom. The molecule has 1 heterocycles. The maximum Gasteiger partial charge on any atom is 0.203 e. The standard InChI is InChI=1S/C19H19N3OS/c1-3-14-7-9-16(10-8-14)18-13-24-19(21-18)22-20-12-15-5-4-6-17(11-15)23-2/h4-13H,3H2,1-2H3,(H,21,22)/b20-12+. The van der Waals surface area contributed by atoms with Gasteiger partial charge in [0.15, 0.2) is 0 Å². The van der Waals surface area contributed by atoms with Gasteiger partial charge in [0.1, 0.15) is 5.75 Å². The van der Waals surface area contributed by atoms with Crippen molar-refractivity contribution in [1.29, 1.82) is 0 Å². The molecule has 0 atom stereocenters. The topological polar surface area (TPSA) is 46.5 Å². The van der Waals surface area contributed by atoms with Gasteiger partial charge in [0, 0.05) is 10.9 Å². The van der Waals surface area contributed by atoms with Crippen LogP contribution in [0, 0.1) is 0 Å². The molecule has 5 heteroatoms. The summed E-state index contributed by atoms with van der Waals surface area (Å²) < 4.78 is 5.20. The van der Waals surface area contributed by atoms with Crippen LogP contribution < -0.4 is 10.2 Å². The molecule has 0 spiro atoms. The average molecular weight is 337 g/mol. The molecule has 3 rings (SSSR count). The summed E-state index contributed by atoms with van der Waals surface area (Å²) in [5.74, 6) is 0.811. The third-order valence-corrected chi connectivity index (χ3v) is 4.38. The molecule has 3 aromatic rings. The van der Waals surface area contributed by atoms with Crippen molar-refractivity contribution in [3.05, 3.63) is 65.0 Å². The Morgan fingerprint density at radius 2 is 2.04 bits per heavy atom. The Kier molecular flexibility index (Phi) is 5.23. The van der Waals surface area contributed by atoms with Crippen molar-refractivity contribution in [2.24, 2.45) is 5.10 Å². The van der Waals surface area contributed by atoms with E-state index in [0.717, 1.165) is 34.1 Å². The van der Waals surface area contributed by atoms with Gasteiger partial charge in [0.05, 0.1) is 19.0 Å². The number of rotatable bonds is 6. The second kappa shape index (κ2) is 7.75. The van der Waals surface area contributed by atoms with E-state index in [9.17, 15) is 0 Å². The lowest BCUT2D eigenvalue weighted by atomic mass is 10.1. The van der Waals surface area contributed by atoms with Crippen molar-refractivity contribution < 1.29 is 4.74 Å². The minimum Gasteiger partial charge on any atom is -0.497 e. The van der Waals surface area contributed by atoms with Crippen molar-refractivity contribution >= 4 is 22.7 Å². The van der Waals surface area contributed by atoms with E-state index in [4.69, 9.17) is 4.74 Å². The Bertz CT molecular complexity index is 825. The van der Waals surface area contributed by atoms with E-state index in [1.807, 2.05) is 29.6 Å². The fourth-order valence-electron chi connectivity index (χ4n) is 2.25. The number of methoxy groups -OCH3 is 1. The summed E-state index contributed by atoms with van der Waals surface area (Å²) in [5.41, 5.74) is 7.35. The lowest BCUT2D eigenvalue weighted by molar-refractivity contribution is 0.415. The van der Waals surface area contributed by atoms with Gasteiger partial charge in [0.25, 0.3) is 0 Å². The molecular formula is C19H19N3OS. The predicted molar refractivity (Wildman–Crippen MR) is 101 cm³/mol. The van der Waals surface area contributed by atoms with Crippen LogP contribution in [0.4, 0.5) is 5.13 Å². The molecule has 24 heavy (non-hydrogen) atoms. The number of aromatic nitrogens is 1. The van der Waals surface area contributed by atoms with Gasteiger partial charge in [-0.2, -0.15) is 5.10 Å². The number of nitrogens with one attached hydrogen (secondary N) is 1. The number of aryl methyl sites for hydroxylation is 1. The number of nitrogens with zero attached hydrogens (tertiary/aromatic N) is 2. The molecule has 0 aliphatic rings. The first-order chi connectivity index (χ1) is 11.8. The quantitative estimate of drug-likeness (QED) is 0.518. The summed E-state index contributed by atoms with van der Waals surface area (Å²) in [7, 11) is 1.65. The van der Waals surface area contributed by atoms with Crippen LogP contribution in [0.25, 0.3) is 11.3 Å². The van der Waals surface area contributed by atoms with Gasteiger partial charge in [-0.05, 0) is 29.7 Å². The number of ether oxygens (including phenoxy) is 1. The van der Waals surface area contributed by atoms with Crippen LogP contribution in [0.3, 0.4) is 0 Å². The van der Waals surface area contributed by atoms with Crippen molar-refractivity contribution in [3.8, 4) is 17.0 Å². The lowest BCUT2D eigenvalue weighted by Crippen LogP contribution is -1.91. The molecule has 0 bridgehead atoms. The Morgan fingerprint density at radius 3 is 2.79 bits per heavy atom. The van der Waals surface area contributed by atoms with Crippen LogP contribution in [0.1, 0.15) is 18.1 Å². The molecule has 0 aliphatic carbocycles. The highest BCUT2D eigenvalue weighted by Crippen LogP contribution is 2.25. The van der Waals surface area contributed by atoms with Gasteiger partial charge in [-0.1, -0.05) is 43.3 Å². The second-order valence-electron chi connectivity index (χ2n) is 5.23. The number of benzene rings is 2. The highest BCUT2D eigenvalue weighted by Gasteiger charge is 2.03. The van der Waals surface area contributed by atoms with Crippen LogP contribution in [0.2, 0.25) is 0 Å². The number of hydrogen-bond donors (Lipinski definition) is 1. The molecule has 0 aliphatic heterocycles. The summed E-state index contributed by atoms with van der Waals surface area (Å²) in [6.45, 7) is 2.15. The summed E-state index contributed by atoms with van der Waals surface area (Å²) in [6, 6.07) is 16.2. The zero-order valence-corrected chi connectivity index (χ0v) is 14.5. The molecule has 1 N–H and O–H groups in total. The number of thiazole rings is 1. The molecule has 0 radical (unpaired) electrons. The zero-order valence-electron chi connectivity index (χ0n) is 13.7. The monoisotopic (exact) mass is 337 g/mol. The predicted octanol–water partition coefficient (Wildman–Crippen LogP) is 4.83. The van der Waals surface area contributed by atoms with Crippen molar-refractivity contribution in [3.63, 3.8) is 0 Å². The average Bonchev–Trinajstić information content (AvgIpc) is 3.11. The molecule has 0 saturated carbocycles. The molecule has 1 aromatic heterocycles. The summed E-state index contributed by atoms with van der Waals surface area (Å²) in [4.78, 5) is 4.57. The molecular weight excluding hydrogens is 318 g/mol. The van der Waals surface area contributed by atoms with E-state index < -0.39 is 0 Å². The molecule has 0 fully saturated rings. The van der Waals surface area contributed by atoms with Gasteiger partial charge in [0.2, 0.25) is 5.13 Å². The maximum atomic E-state index is 5.20. The van der Waals surface area contributed by atoms with Gasteiger partial charge >= 0.3 is 0 Å². The summed E-state index contributed by atoms with van der Waals surface area (Å²) in [6.07, 6.45) is 2.79. The molecule has 4 nitrogen and oxygen atoms in total. The van der Waals surface area contributed by atoms with E-state index in [0.29, 0.717) is 0 Å². The van der Waals surface area contributed by atoms with Crippen molar-refractivity contribution in [2.45, 2.75) is 13.3 Å². The second-order valence-corrected chi connectivity index (χ2v) is 6.09. The third kappa shape index (κ3) is 4.00. The SMILES string of the molecule is CCc1ccc(-c2csc(N/N=C/c3cccc(OC)c3)n2)cc1. The first kappa shape index (κ1) is 16.2. The minimum atomic E-state index is 0.767. The first-order valence-electron chi connectivity index (χ1n) is 7.76. The highest BCUT2D eigenvalue weighted by molar-refractivity contribution is 7.14. The van der Waals surface area contributed by atoms with Crippen LogP contribution in [-0.2, 0) is 6.42 Å². The lowest BCUT2D eigenvalue weighted by Gasteiger charge is -2.00. The van der Waals surface area contributed by atoms with E-state index >= 15 is 0 Å². The normalized spacial score (nSPS) is 10.9. The molecule has 122 valence electrons. The van der Waals surface area contributed by atoms with Gasteiger partial charge < -0.3 is 4.74 Å². The van der Waals surface area contributed by atoms with Crippen LogP contribution >= 0.6 is 11.3 Å². The molecule has 2 aromatic carbocycles. The van der Waals surface area contributed by atoms with Crippen molar-refractivity contribution in [1.82, 2.24) is 4.98 Å². The van der Waals surface area contributed by atoms with E-state index in [2.05, 4.69) is 46.7 Å². The van der Waals surface area contributed by atoms with E-state index in [-0.39, 0.29) is 0 Å². The molecule has 0 saturated heterocycles. The highest BCUT2D eigenvalue weighted by atomic mass is 32.1.